The first-order valence-electron chi connectivity index (χ1n) is 6.85. The third-order valence-electron chi connectivity index (χ3n) is 2.96. The molecule has 2 aromatic rings. The van der Waals surface area contributed by atoms with Crippen molar-refractivity contribution in [1.29, 1.82) is 0 Å². The summed E-state index contributed by atoms with van der Waals surface area (Å²) in [5.74, 6) is -3.28. The minimum Gasteiger partial charge on any atom is -0.491 e. The van der Waals surface area contributed by atoms with Crippen LogP contribution in [0.15, 0.2) is 36.4 Å². The van der Waals surface area contributed by atoms with E-state index >= 15 is 0 Å². The van der Waals surface area contributed by atoms with Crippen molar-refractivity contribution in [2.24, 2.45) is 0 Å². The first-order valence-corrected chi connectivity index (χ1v) is 6.85. The highest BCUT2D eigenvalue weighted by Crippen LogP contribution is 2.15. The monoisotopic (exact) mass is 329 g/mol. The van der Waals surface area contributed by atoms with Gasteiger partial charge in [0.2, 0.25) is 0 Å². The fourth-order valence-corrected chi connectivity index (χ4v) is 1.91. The van der Waals surface area contributed by atoms with Gasteiger partial charge in [-0.2, -0.15) is 0 Å². The van der Waals surface area contributed by atoms with Gasteiger partial charge in [-0.25, -0.2) is 17.6 Å². The summed E-state index contributed by atoms with van der Waals surface area (Å²) in [4.78, 5) is 0. The van der Waals surface area contributed by atoms with Gasteiger partial charge in [0.25, 0.3) is 0 Å². The fourth-order valence-electron chi connectivity index (χ4n) is 1.91. The van der Waals surface area contributed by atoms with E-state index in [0.29, 0.717) is 5.56 Å². The zero-order chi connectivity index (χ0) is 16.8. The lowest BCUT2D eigenvalue weighted by Crippen LogP contribution is -2.31. The van der Waals surface area contributed by atoms with Crippen molar-refractivity contribution in [3.05, 3.63) is 65.2 Å². The highest BCUT2D eigenvalue weighted by Gasteiger charge is 2.08. The molecule has 0 aliphatic carbocycles. The van der Waals surface area contributed by atoms with Crippen LogP contribution in [0.25, 0.3) is 0 Å². The molecule has 2 N–H and O–H groups in total. The minimum absolute atomic E-state index is 0.0927. The number of nitrogens with one attached hydrogen (secondary N) is 1. The summed E-state index contributed by atoms with van der Waals surface area (Å²) in [5.41, 5.74) is 0.399. The first-order chi connectivity index (χ1) is 10.9. The van der Waals surface area contributed by atoms with Crippen LogP contribution in [-0.4, -0.2) is 24.4 Å². The maximum absolute atomic E-state index is 13.0. The van der Waals surface area contributed by atoms with Gasteiger partial charge < -0.3 is 15.2 Å². The van der Waals surface area contributed by atoms with Gasteiger partial charge in [0.15, 0.2) is 11.6 Å². The lowest BCUT2D eigenvalue weighted by atomic mass is 10.2. The molecule has 7 heteroatoms. The van der Waals surface area contributed by atoms with E-state index in [9.17, 15) is 22.7 Å². The number of rotatable bonds is 7. The van der Waals surface area contributed by atoms with Crippen LogP contribution in [0.1, 0.15) is 5.56 Å². The molecule has 0 fully saturated rings. The van der Waals surface area contributed by atoms with Crippen molar-refractivity contribution in [3.8, 4) is 5.75 Å². The van der Waals surface area contributed by atoms with Crippen LogP contribution in [0.5, 0.6) is 5.75 Å². The smallest absolute Gasteiger partial charge is 0.162 e. The van der Waals surface area contributed by atoms with Crippen LogP contribution in [0.3, 0.4) is 0 Å². The molecule has 1 unspecified atom stereocenters. The Morgan fingerprint density at radius 2 is 1.65 bits per heavy atom. The zero-order valence-electron chi connectivity index (χ0n) is 12.0. The van der Waals surface area contributed by atoms with E-state index < -0.39 is 29.4 Å². The van der Waals surface area contributed by atoms with Gasteiger partial charge in [-0.3, -0.25) is 0 Å². The second-order valence-electron chi connectivity index (χ2n) is 4.95. The maximum Gasteiger partial charge on any atom is 0.162 e. The third-order valence-corrected chi connectivity index (χ3v) is 2.96. The Morgan fingerprint density at radius 1 is 0.957 bits per heavy atom. The number of halogens is 4. The zero-order valence-corrected chi connectivity index (χ0v) is 12.0. The molecule has 1 atom stereocenters. The molecule has 0 aliphatic rings. The molecule has 0 amide bonds. The largest absolute Gasteiger partial charge is 0.491 e. The Bertz CT molecular complexity index is 646. The molecule has 0 spiro atoms. The highest BCUT2D eigenvalue weighted by atomic mass is 19.2. The predicted molar refractivity (Wildman–Crippen MR) is 75.9 cm³/mol. The third kappa shape index (κ3) is 5.54. The Labute approximate surface area is 130 Å². The Kier molecular flexibility index (Phi) is 5.95. The summed E-state index contributed by atoms with van der Waals surface area (Å²) in [6, 6.07) is 6.18. The minimum atomic E-state index is -1.04. The molecule has 0 radical (unpaired) electrons. The van der Waals surface area contributed by atoms with E-state index in [4.69, 9.17) is 4.74 Å². The fraction of sp³-hybridized carbons (Fsp3) is 0.250. The number of ether oxygens (including phenoxy) is 1. The van der Waals surface area contributed by atoms with Crippen molar-refractivity contribution in [1.82, 2.24) is 5.32 Å². The second-order valence-corrected chi connectivity index (χ2v) is 4.95. The SMILES string of the molecule is OC(CNCc1cc(F)cc(F)c1)COc1ccc(F)c(F)c1. The summed E-state index contributed by atoms with van der Waals surface area (Å²) in [6.45, 7) is 0.119. The first kappa shape index (κ1) is 17.2. The van der Waals surface area contributed by atoms with Crippen LogP contribution in [-0.2, 0) is 6.54 Å². The summed E-state index contributed by atoms with van der Waals surface area (Å²) < 4.78 is 56.8. The Hall–Kier alpha value is -2.12. The summed E-state index contributed by atoms with van der Waals surface area (Å²) in [6.07, 6.45) is -0.929. The summed E-state index contributed by atoms with van der Waals surface area (Å²) >= 11 is 0. The lowest BCUT2D eigenvalue weighted by Gasteiger charge is -2.13. The molecule has 0 saturated carbocycles. The van der Waals surface area contributed by atoms with Gasteiger partial charge in [-0.05, 0) is 29.8 Å². The van der Waals surface area contributed by atoms with Crippen molar-refractivity contribution in [2.75, 3.05) is 13.2 Å². The average Bonchev–Trinajstić information content (AvgIpc) is 2.47. The number of aliphatic hydroxyl groups is 1. The molecule has 2 rings (SSSR count). The molecular formula is C16H15F4NO2. The molecule has 3 nitrogen and oxygen atoms in total. The molecule has 23 heavy (non-hydrogen) atoms. The highest BCUT2D eigenvalue weighted by molar-refractivity contribution is 5.23. The predicted octanol–water partition coefficient (Wildman–Crippen LogP) is 2.77. The second kappa shape index (κ2) is 7.94. The molecule has 0 bridgehead atoms. The van der Waals surface area contributed by atoms with E-state index in [1.165, 1.54) is 18.2 Å². The molecule has 0 aromatic heterocycles. The van der Waals surface area contributed by atoms with Gasteiger partial charge in [0, 0.05) is 25.2 Å². The van der Waals surface area contributed by atoms with E-state index in [0.717, 1.165) is 18.2 Å². The van der Waals surface area contributed by atoms with Gasteiger partial charge in [0.1, 0.15) is 30.1 Å². The number of hydrogen-bond acceptors (Lipinski definition) is 3. The number of hydrogen-bond donors (Lipinski definition) is 2. The normalized spacial score (nSPS) is 12.2. The van der Waals surface area contributed by atoms with Gasteiger partial charge in [0.05, 0.1) is 0 Å². The van der Waals surface area contributed by atoms with E-state index in [1.807, 2.05) is 0 Å². The van der Waals surface area contributed by atoms with E-state index in [-0.39, 0.29) is 25.4 Å². The lowest BCUT2D eigenvalue weighted by molar-refractivity contribution is 0.106. The summed E-state index contributed by atoms with van der Waals surface area (Å²) in [7, 11) is 0. The van der Waals surface area contributed by atoms with Crippen molar-refractivity contribution in [3.63, 3.8) is 0 Å². The molecule has 2 aromatic carbocycles. The number of benzene rings is 2. The summed E-state index contributed by atoms with van der Waals surface area (Å²) in [5, 5.41) is 12.5. The van der Waals surface area contributed by atoms with E-state index in [2.05, 4.69) is 5.32 Å². The molecule has 124 valence electrons. The van der Waals surface area contributed by atoms with Crippen LogP contribution < -0.4 is 10.1 Å². The standard InChI is InChI=1S/C16H15F4NO2/c17-11-3-10(4-12(18)5-11)7-21-8-13(22)9-23-14-1-2-15(19)16(20)6-14/h1-6,13,21-22H,7-9H2. The Balaban J connectivity index is 1.74. The van der Waals surface area contributed by atoms with Gasteiger partial charge >= 0.3 is 0 Å². The van der Waals surface area contributed by atoms with Crippen molar-refractivity contribution >= 4 is 0 Å². The topological polar surface area (TPSA) is 41.5 Å². The van der Waals surface area contributed by atoms with E-state index in [1.54, 1.807) is 0 Å². The number of aliphatic hydroxyl groups excluding tert-OH is 1. The van der Waals surface area contributed by atoms with Crippen LogP contribution in [0, 0.1) is 23.3 Å². The Morgan fingerprint density at radius 3 is 2.30 bits per heavy atom. The van der Waals surface area contributed by atoms with Crippen molar-refractivity contribution < 1.29 is 27.4 Å². The van der Waals surface area contributed by atoms with Crippen LogP contribution in [0.4, 0.5) is 17.6 Å². The molecular weight excluding hydrogens is 314 g/mol. The quantitative estimate of drug-likeness (QED) is 0.768. The molecule has 0 heterocycles. The molecule has 0 aliphatic heterocycles. The van der Waals surface area contributed by atoms with Gasteiger partial charge in [-0.15, -0.1) is 0 Å². The van der Waals surface area contributed by atoms with Crippen LogP contribution in [0.2, 0.25) is 0 Å². The van der Waals surface area contributed by atoms with Crippen LogP contribution >= 0.6 is 0 Å². The van der Waals surface area contributed by atoms with Crippen molar-refractivity contribution in [2.45, 2.75) is 12.6 Å². The maximum atomic E-state index is 13.0. The van der Waals surface area contributed by atoms with Gasteiger partial charge in [-0.1, -0.05) is 0 Å². The average molecular weight is 329 g/mol. The molecule has 0 saturated heterocycles.